The van der Waals surface area contributed by atoms with Crippen molar-refractivity contribution >= 4 is 41.5 Å². The van der Waals surface area contributed by atoms with Gasteiger partial charge in [0.25, 0.3) is 0 Å². The van der Waals surface area contributed by atoms with Gasteiger partial charge in [-0.2, -0.15) is 8.78 Å². The van der Waals surface area contributed by atoms with E-state index < -0.39 is 6.61 Å². The molecule has 3 N–H and O–H groups in total. The van der Waals surface area contributed by atoms with Crippen LogP contribution in [-0.2, 0) is 6.54 Å². The Hall–Kier alpha value is -0.870. The fourth-order valence-corrected chi connectivity index (χ4v) is 1.92. The highest BCUT2D eigenvalue weighted by Crippen LogP contribution is 2.25. The third-order valence-electron chi connectivity index (χ3n) is 2.92. The minimum absolute atomic E-state index is 0. The van der Waals surface area contributed by atoms with E-state index in [9.17, 15) is 8.78 Å². The van der Waals surface area contributed by atoms with Gasteiger partial charge in [-0.3, -0.25) is 0 Å². The Balaban J connectivity index is 0.00000529. The molecule has 0 aliphatic rings. The molecule has 0 saturated heterocycles. The fourth-order valence-electron chi connectivity index (χ4n) is 1.72. The number of aliphatic imine (C=N–C) groups is 1. The number of hydrogen-bond acceptors (Lipinski definition) is 3. The normalized spacial score (nSPS) is 12.5. The van der Waals surface area contributed by atoms with Crippen LogP contribution < -0.4 is 15.4 Å². The van der Waals surface area contributed by atoms with Crippen molar-refractivity contribution in [1.82, 2.24) is 10.6 Å². The van der Waals surface area contributed by atoms with Crippen molar-refractivity contribution in [2.24, 2.45) is 10.9 Å². The SMILES string of the molecule is CCNC(=NCc1cc(Cl)ccc1OC(F)F)NCC(C)CO.I. The van der Waals surface area contributed by atoms with E-state index in [-0.39, 0.29) is 48.8 Å². The summed E-state index contributed by atoms with van der Waals surface area (Å²) in [5.41, 5.74) is 0.463. The van der Waals surface area contributed by atoms with Gasteiger partial charge in [-0.15, -0.1) is 24.0 Å². The lowest BCUT2D eigenvalue weighted by Gasteiger charge is -2.15. The number of guanidine groups is 1. The molecule has 1 aromatic rings. The summed E-state index contributed by atoms with van der Waals surface area (Å²) in [4.78, 5) is 4.33. The fraction of sp³-hybridized carbons (Fsp3) is 0.533. The highest BCUT2D eigenvalue weighted by Gasteiger charge is 2.10. The number of benzene rings is 1. The Bertz CT molecular complexity index is 521. The van der Waals surface area contributed by atoms with Gasteiger partial charge in [-0.25, -0.2) is 4.99 Å². The molecule has 1 aromatic carbocycles. The summed E-state index contributed by atoms with van der Waals surface area (Å²) in [6.45, 7) is 2.28. The molecule has 24 heavy (non-hydrogen) atoms. The highest BCUT2D eigenvalue weighted by molar-refractivity contribution is 14.0. The second-order valence-electron chi connectivity index (χ2n) is 4.99. The third-order valence-corrected chi connectivity index (χ3v) is 3.16. The summed E-state index contributed by atoms with van der Waals surface area (Å²) in [6, 6.07) is 4.43. The molecule has 0 saturated carbocycles. The second kappa shape index (κ2) is 12.5. The lowest BCUT2D eigenvalue weighted by molar-refractivity contribution is -0.0504. The first-order valence-corrected chi connectivity index (χ1v) is 7.70. The van der Waals surface area contributed by atoms with Gasteiger partial charge in [0, 0.05) is 30.3 Å². The van der Waals surface area contributed by atoms with Crippen LogP contribution >= 0.6 is 35.6 Å². The minimum atomic E-state index is -2.91. The van der Waals surface area contributed by atoms with E-state index in [4.69, 9.17) is 16.7 Å². The van der Waals surface area contributed by atoms with Crippen molar-refractivity contribution in [3.05, 3.63) is 28.8 Å². The topological polar surface area (TPSA) is 65.9 Å². The van der Waals surface area contributed by atoms with Crippen LogP contribution in [0.15, 0.2) is 23.2 Å². The Morgan fingerprint density at radius 3 is 2.67 bits per heavy atom. The first kappa shape index (κ1) is 23.1. The van der Waals surface area contributed by atoms with E-state index in [2.05, 4.69) is 20.4 Å². The molecule has 0 spiro atoms. The zero-order valence-electron chi connectivity index (χ0n) is 13.6. The number of nitrogens with one attached hydrogen (secondary N) is 2. The number of hydrogen-bond donors (Lipinski definition) is 3. The second-order valence-corrected chi connectivity index (χ2v) is 5.43. The van der Waals surface area contributed by atoms with Gasteiger partial charge in [0.15, 0.2) is 5.96 Å². The predicted molar refractivity (Wildman–Crippen MR) is 103 cm³/mol. The standard InChI is InChI=1S/C15H22ClF2N3O2.HI/c1-3-19-15(20-7-10(2)9-22)21-8-11-6-12(16)4-5-13(11)23-14(17)18;/h4-6,10,14,22H,3,7-9H2,1-2H3,(H2,19,20,21);1H. The number of halogens is 4. The highest BCUT2D eigenvalue weighted by atomic mass is 127. The van der Waals surface area contributed by atoms with Crippen molar-refractivity contribution < 1.29 is 18.6 Å². The lowest BCUT2D eigenvalue weighted by atomic mass is 10.2. The smallest absolute Gasteiger partial charge is 0.387 e. The maximum atomic E-state index is 12.4. The Morgan fingerprint density at radius 1 is 1.38 bits per heavy atom. The summed E-state index contributed by atoms with van der Waals surface area (Å²) in [5, 5.41) is 15.6. The molecule has 0 fully saturated rings. The van der Waals surface area contributed by atoms with Crippen LogP contribution in [0.1, 0.15) is 19.4 Å². The van der Waals surface area contributed by atoms with Crippen LogP contribution in [0, 0.1) is 5.92 Å². The average molecular weight is 478 g/mol. The van der Waals surface area contributed by atoms with Crippen LogP contribution in [-0.4, -0.2) is 37.4 Å². The van der Waals surface area contributed by atoms with Gasteiger partial charge in [-0.05, 0) is 31.0 Å². The van der Waals surface area contributed by atoms with Crippen molar-refractivity contribution in [1.29, 1.82) is 0 Å². The van der Waals surface area contributed by atoms with E-state index in [0.717, 1.165) is 0 Å². The van der Waals surface area contributed by atoms with Gasteiger partial charge in [0.1, 0.15) is 5.75 Å². The first-order chi connectivity index (χ1) is 11.0. The van der Waals surface area contributed by atoms with Gasteiger partial charge in [0.2, 0.25) is 0 Å². The number of ether oxygens (including phenoxy) is 1. The van der Waals surface area contributed by atoms with Gasteiger partial charge < -0.3 is 20.5 Å². The third kappa shape index (κ3) is 8.84. The summed E-state index contributed by atoms with van der Waals surface area (Å²) >= 11 is 5.90. The van der Waals surface area contributed by atoms with Crippen molar-refractivity contribution in [3.8, 4) is 5.75 Å². The zero-order chi connectivity index (χ0) is 17.2. The lowest BCUT2D eigenvalue weighted by Crippen LogP contribution is -2.39. The largest absolute Gasteiger partial charge is 0.434 e. The summed E-state index contributed by atoms with van der Waals surface area (Å²) < 4.78 is 29.3. The molecule has 0 amide bonds. The van der Waals surface area contributed by atoms with Crippen LogP contribution in [0.25, 0.3) is 0 Å². The average Bonchev–Trinajstić information content (AvgIpc) is 2.51. The van der Waals surface area contributed by atoms with Crippen molar-refractivity contribution in [2.75, 3.05) is 19.7 Å². The number of nitrogens with zero attached hydrogens (tertiary/aromatic N) is 1. The van der Waals surface area contributed by atoms with Gasteiger partial charge in [-0.1, -0.05) is 18.5 Å². The van der Waals surface area contributed by atoms with Crippen LogP contribution in [0.4, 0.5) is 8.78 Å². The maximum Gasteiger partial charge on any atom is 0.387 e. The zero-order valence-corrected chi connectivity index (χ0v) is 16.6. The number of rotatable bonds is 8. The number of aliphatic hydroxyl groups is 1. The molecule has 1 rings (SSSR count). The molecule has 5 nitrogen and oxygen atoms in total. The summed E-state index contributed by atoms with van der Waals surface area (Å²) in [6.07, 6.45) is 0. The summed E-state index contributed by atoms with van der Waals surface area (Å²) in [5.74, 6) is 0.645. The van der Waals surface area contributed by atoms with E-state index in [1.807, 2.05) is 13.8 Å². The predicted octanol–water partition coefficient (Wildman–Crippen LogP) is 3.24. The molecule has 9 heteroatoms. The first-order valence-electron chi connectivity index (χ1n) is 7.32. The molecule has 138 valence electrons. The number of alkyl halides is 2. The van der Waals surface area contributed by atoms with E-state index in [0.29, 0.717) is 29.6 Å². The maximum absolute atomic E-state index is 12.4. The molecule has 0 aliphatic carbocycles. The van der Waals surface area contributed by atoms with Gasteiger partial charge >= 0.3 is 6.61 Å². The molecule has 0 bridgehead atoms. The molecule has 0 aromatic heterocycles. The van der Waals surface area contributed by atoms with Crippen LogP contribution in [0.2, 0.25) is 5.02 Å². The molecule has 0 heterocycles. The monoisotopic (exact) mass is 477 g/mol. The molecule has 1 atom stereocenters. The minimum Gasteiger partial charge on any atom is -0.434 e. The van der Waals surface area contributed by atoms with Gasteiger partial charge in [0.05, 0.1) is 6.54 Å². The molecule has 0 aliphatic heterocycles. The van der Waals surface area contributed by atoms with E-state index in [1.54, 1.807) is 6.07 Å². The quantitative estimate of drug-likeness (QED) is 0.306. The van der Waals surface area contributed by atoms with E-state index in [1.165, 1.54) is 12.1 Å². The van der Waals surface area contributed by atoms with Crippen LogP contribution in [0.3, 0.4) is 0 Å². The van der Waals surface area contributed by atoms with Crippen LogP contribution in [0.5, 0.6) is 5.75 Å². The molecule has 1 unspecified atom stereocenters. The van der Waals surface area contributed by atoms with Crippen molar-refractivity contribution in [2.45, 2.75) is 27.0 Å². The molecular formula is C15H23ClF2IN3O2. The Labute approximate surface area is 162 Å². The number of aliphatic hydroxyl groups excluding tert-OH is 1. The summed E-state index contributed by atoms with van der Waals surface area (Å²) in [7, 11) is 0. The molecule has 0 radical (unpaired) electrons. The molecular weight excluding hydrogens is 455 g/mol. The van der Waals surface area contributed by atoms with E-state index >= 15 is 0 Å². The Morgan fingerprint density at radius 2 is 2.08 bits per heavy atom. The Kier molecular flexibility index (Phi) is 12.0. The van der Waals surface area contributed by atoms with Crippen molar-refractivity contribution in [3.63, 3.8) is 0 Å².